The van der Waals surface area contributed by atoms with Crippen molar-refractivity contribution < 1.29 is 9.53 Å². The molecule has 21 heavy (non-hydrogen) atoms. The van der Waals surface area contributed by atoms with E-state index in [-0.39, 0.29) is 0 Å². The molecule has 0 aliphatic rings. The summed E-state index contributed by atoms with van der Waals surface area (Å²) in [5.41, 5.74) is 1.37. The first-order chi connectivity index (χ1) is 10.1. The second kappa shape index (κ2) is 7.29. The van der Waals surface area contributed by atoms with Crippen molar-refractivity contribution in [1.29, 1.82) is 0 Å². The van der Waals surface area contributed by atoms with Gasteiger partial charge < -0.3 is 10.1 Å². The molecule has 6 heteroatoms. The fraction of sp³-hybridized carbons (Fsp3) is 0.200. The van der Waals surface area contributed by atoms with Gasteiger partial charge in [-0.3, -0.25) is 0 Å². The number of nitrogens with one attached hydrogen (secondary N) is 1. The Labute approximate surface area is 133 Å². The molecule has 2 rings (SSSR count). The van der Waals surface area contributed by atoms with Gasteiger partial charge in [0.1, 0.15) is 16.5 Å². The fourth-order valence-corrected chi connectivity index (χ4v) is 2.01. The Balaban J connectivity index is 2.16. The Bertz CT molecular complexity index is 630. The summed E-state index contributed by atoms with van der Waals surface area (Å²) < 4.78 is 5.00. The van der Waals surface area contributed by atoms with Crippen LogP contribution in [-0.4, -0.2) is 17.6 Å². The van der Waals surface area contributed by atoms with E-state index in [9.17, 15) is 4.79 Å². The largest absolute Gasteiger partial charge is 0.462 e. The highest BCUT2D eigenvalue weighted by Crippen LogP contribution is 2.19. The standard InChI is InChI=1S/C15H14Cl2N2O2/c1-2-21-15(20)12-7-8-13(17)19-14(12)18-9-10-3-5-11(16)6-4-10/h3-8H,2,9H2,1H3,(H,18,19). The maximum atomic E-state index is 11.9. The van der Waals surface area contributed by atoms with Gasteiger partial charge in [-0.2, -0.15) is 0 Å². The average molecular weight is 325 g/mol. The number of halogens is 2. The Morgan fingerprint density at radius 3 is 2.57 bits per heavy atom. The molecule has 1 aromatic heterocycles. The molecule has 110 valence electrons. The van der Waals surface area contributed by atoms with Gasteiger partial charge in [0.05, 0.1) is 6.61 Å². The third-order valence-corrected chi connectivity index (χ3v) is 3.19. The molecule has 1 N–H and O–H groups in total. The van der Waals surface area contributed by atoms with E-state index >= 15 is 0 Å². The van der Waals surface area contributed by atoms with Crippen LogP contribution in [0.5, 0.6) is 0 Å². The lowest BCUT2D eigenvalue weighted by atomic mass is 10.2. The summed E-state index contributed by atoms with van der Waals surface area (Å²) in [6, 6.07) is 10.5. The normalized spacial score (nSPS) is 10.2. The van der Waals surface area contributed by atoms with E-state index < -0.39 is 5.97 Å². The number of hydrogen-bond donors (Lipinski definition) is 1. The van der Waals surface area contributed by atoms with Gasteiger partial charge in [0, 0.05) is 11.6 Å². The second-order valence-corrected chi connectivity index (χ2v) is 5.05. The van der Waals surface area contributed by atoms with Crippen LogP contribution in [0.1, 0.15) is 22.8 Å². The van der Waals surface area contributed by atoms with E-state index in [1.54, 1.807) is 31.2 Å². The van der Waals surface area contributed by atoms with Gasteiger partial charge >= 0.3 is 5.97 Å². The summed E-state index contributed by atoms with van der Waals surface area (Å²) in [6.45, 7) is 2.55. The molecule has 0 fully saturated rings. The third kappa shape index (κ3) is 4.34. The summed E-state index contributed by atoms with van der Waals surface area (Å²) in [7, 11) is 0. The fourth-order valence-electron chi connectivity index (χ4n) is 1.73. The quantitative estimate of drug-likeness (QED) is 0.662. The van der Waals surface area contributed by atoms with Gasteiger partial charge in [-0.25, -0.2) is 9.78 Å². The molecule has 0 unspecified atom stereocenters. The van der Waals surface area contributed by atoms with Crippen LogP contribution in [0, 0.1) is 0 Å². The third-order valence-electron chi connectivity index (χ3n) is 2.73. The zero-order chi connectivity index (χ0) is 15.2. The minimum atomic E-state index is -0.430. The smallest absolute Gasteiger partial charge is 0.341 e. The van der Waals surface area contributed by atoms with Crippen LogP contribution in [0.15, 0.2) is 36.4 Å². The summed E-state index contributed by atoms with van der Waals surface area (Å²) in [4.78, 5) is 16.0. The number of aromatic nitrogens is 1. The van der Waals surface area contributed by atoms with Gasteiger partial charge in [-0.05, 0) is 36.8 Å². The maximum absolute atomic E-state index is 11.9. The Morgan fingerprint density at radius 2 is 1.90 bits per heavy atom. The monoisotopic (exact) mass is 324 g/mol. The van der Waals surface area contributed by atoms with Crippen LogP contribution >= 0.6 is 23.2 Å². The van der Waals surface area contributed by atoms with E-state index in [4.69, 9.17) is 27.9 Å². The van der Waals surface area contributed by atoms with Crippen molar-refractivity contribution in [3.63, 3.8) is 0 Å². The number of nitrogens with zero attached hydrogens (tertiary/aromatic N) is 1. The highest BCUT2D eigenvalue weighted by Gasteiger charge is 2.14. The number of benzene rings is 1. The summed E-state index contributed by atoms with van der Waals surface area (Å²) >= 11 is 11.7. The summed E-state index contributed by atoms with van der Waals surface area (Å²) in [6.07, 6.45) is 0. The van der Waals surface area contributed by atoms with Crippen molar-refractivity contribution in [3.05, 3.63) is 57.7 Å². The summed E-state index contributed by atoms with van der Waals surface area (Å²) in [5.74, 6) is -0.0313. The first-order valence-electron chi connectivity index (χ1n) is 6.42. The molecule has 0 aliphatic heterocycles. The Hall–Kier alpha value is -1.78. The molecule has 0 saturated heterocycles. The van der Waals surface area contributed by atoms with Crippen LogP contribution in [0.2, 0.25) is 10.2 Å². The van der Waals surface area contributed by atoms with Crippen molar-refractivity contribution in [1.82, 2.24) is 4.98 Å². The molecule has 0 aliphatic carbocycles. The molecule has 4 nitrogen and oxygen atoms in total. The lowest BCUT2D eigenvalue weighted by Gasteiger charge is -2.11. The van der Waals surface area contributed by atoms with E-state index in [0.717, 1.165) is 5.56 Å². The maximum Gasteiger partial charge on any atom is 0.341 e. The topological polar surface area (TPSA) is 51.2 Å². The Kier molecular flexibility index (Phi) is 5.42. The number of esters is 1. The molecule has 1 heterocycles. The number of ether oxygens (including phenoxy) is 1. The van der Waals surface area contributed by atoms with E-state index in [1.165, 1.54) is 0 Å². The van der Waals surface area contributed by atoms with Gasteiger partial charge in [-0.1, -0.05) is 35.3 Å². The number of pyridine rings is 1. The number of rotatable bonds is 5. The molecule has 0 atom stereocenters. The lowest BCUT2D eigenvalue weighted by Crippen LogP contribution is -2.11. The van der Waals surface area contributed by atoms with Crippen LogP contribution < -0.4 is 5.32 Å². The minimum absolute atomic E-state index is 0.304. The molecule has 0 bridgehead atoms. The molecular weight excluding hydrogens is 311 g/mol. The van der Waals surface area contributed by atoms with Gasteiger partial charge in [-0.15, -0.1) is 0 Å². The highest BCUT2D eigenvalue weighted by atomic mass is 35.5. The van der Waals surface area contributed by atoms with E-state index in [2.05, 4.69) is 10.3 Å². The van der Waals surface area contributed by atoms with Crippen LogP contribution in [0.25, 0.3) is 0 Å². The lowest BCUT2D eigenvalue weighted by molar-refractivity contribution is 0.0527. The summed E-state index contributed by atoms with van der Waals surface area (Å²) in [5, 5.41) is 4.07. The molecule has 0 spiro atoms. The molecule has 0 amide bonds. The first kappa shape index (κ1) is 15.6. The predicted molar refractivity (Wildman–Crippen MR) is 84.0 cm³/mol. The van der Waals surface area contributed by atoms with Crippen LogP contribution in [0.3, 0.4) is 0 Å². The number of anilines is 1. The molecule has 2 aromatic rings. The van der Waals surface area contributed by atoms with Crippen LogP contribution in [-0.2, 0) is 11.3 Å². The van der Waals surface area contributed by atoms with E-state index in [0.29, 0.717) is 34.7 Å². The minimum Gasteiger partial charge on any atom is -0.462 e. The molecule has 1 aromatic carbocycles. The van der Waals surface area contributed by atoms with Crippen LogP contribution in [0.4, 0.5) is 5.82 Å². The Morgan fingerprint density at radius 1 is 1.19 bits per heavy atom. The van der Waals surface area contributed by atoms with Crippen molar-refractivity contribution in [3.8, 4) is 0 Å². The number of carbonyl (C=O) groups is 1. The highest BCUT2D eigenvalue weighted by molar-refractivity contribution is 6.30. The molecule has 0 radical (unpaired) electrons. The van der Waals surface area contributed by atoms with Gasteiger partial charge in [0.15, 0.2) is 0 Å². The first-order valence-corrected chi connectivity index (χ1v) is 7.17. The zero-order valence-electron chi connectivity index (χ0n) is 11.4. The number of hydrogen-bond acceptors (Lipinski definition) is 4. The molecular formula is C15H14Cl2N2O2. The average Bonchev–Trinajstić information content (AvgIpc) is 2.47. The SMILES string of the molecule is CCOC(=O)c1ccc(Cl)nc1NCc1ccc(Cl)cc1. The van der Waals surface area contributed by atoms with Crippen molar-refractivity contribution in [2.24, 2.45) is 0 Å². The number of carbonyl (C=O) groups excluding carboxylic acids is 1. The predicted octanol–water partition coefficient (Wildman–Crippen LogP) is 4.18. The second-order valence-electron chi connectivity index (χ2n) is 4.23. The van der Waals surface area contributed by atoms with Gasteiger partial charge in [0.2, 0.25) is 0 Å². The molecule has 0 saturated carbocycles. The zero-order valence-corrected chi connectivity index (χ0v) is 12.9. The van der Waals surface area contributed by atoms with E-state index in [1.807, 2.05) is 12.1 Å². The van der Waals surface area contributed by atoms with Gasteiger partial charge in [0.25, 0.3) is 0 Å². The van der Waals surface area contributed by atoms with Crippen molar-refractivity contribution in [2.45, 2.75) is 13.5 Å². The van der Waals surface area contributed by atoms with Crippen molar-refractivity contribution in [2.75, 3.05) is 11.9 Å². The van der Waals surface area contributed by atoms with Crippen molar-refractivity contribution >= 4 is 35.0 Å².